The molecule has 2 heterocycles. The molecular formula is C21H28O4. The number of benzene rings is 1. The summed E-state index contributed by atoms with van der Waals surface area (Å²) in [4.78, 5) is 11.8. The number of carbonyl (C=O) groups excluding carboxylic acids is 1. The van der Waals surface area contributed by atoms with E-state index >= 15 is 0 Å². The van der Waals surface area contributed by atoms with E-state index in [1.807, 2.05) is 13.0 Å². The zero-order valence-corrected chi connectivity index (χ0v) is 15.6. The SMILES string of the molecule is CCC(=O)OC[C@@]12CO[C@H]3c4ccccc4O[C@@](C)(C[C@@H]1C)[C@H]3[C@@H]2C. The summed E-state index contributed by atoms with van der Waals surface area (Å²) < 4.78 is 18.6. The summed E-state index contributed by atoms with van der Waals surface area (Å²) >= 11 is 0. The highest BCUT2D eigenvalue weighted by atomic mass is 16.5. The third-order valence-corrected chi connectivity index (χ3v) is 7.06. The summed E-state index contributed by atoms with van der Waals surface area (Å²) in [5, 5.41) is 0. The largest absolute Gasteiger partial charge is 0.487 e. The molecule has 0 aromatic heterocycles. The second-order valence-electron chi connectivity index (χ2n) is 8.35. The van der Waals surface area contributed by atoms with Crippen LogP contribution in [0.2, 0.25) is 0 Å². The van der Waals surface area contributed by atoms with Crippen molar-refractivity contribution in [2.45, 2.75) is 52.2 Å². The number of rotatable bonds is 3. The summed E-state index contributed by atoms with van der Waals surface area (Å²) in [6, 6.07) is 8.24. The Kier molecular flexibility index (Phi) is 3.87. The van der Waals surface area contributed by atoms with Crippen molar-refractivity contribution >= 4 is 5.97 Å². The minimum absolute atomic E-state index is 0.0625. The molecule has 1 aromatic rings. The van der Waals surface area contributed by atoms with Crippen molar-refractivity contribution < 1.29 is 19.0 Å². The van der Waals surface area contributed by atoms with Gasteiger partial charge in [-0.15, -0.1) is 0 Å². The lowest BCUT2D eigenvalue weighted by atomic mass is 9.50. The van der Waals surface area contributed by atoms with E-state index in [2.05, 4.69) is 39.0 Å². The predicted octanol–water partition coefficient (Wildman–Crippen LogP) is 4.14. The molecular weight excluding hydrogens is 316 g/mol. The molecule has 4 heteroatoms. The average Bonchev–Trinajstić information content (AvgIpc) is 2.59. The molecule has 2 fully saturated rings. The highest BCUT2D eigenvalue weighted by molar-refractivity contribution is 5.68. The van der Waals surface area contributed by atoms with Crippen LogP contribution in [0.25, 0.3) is 0 Å². The lowest BCUT2D eigenvalue weighted by molar-refractivity contribution is -0.262. The molecule has 0 unspecified atom stereocenters. The Bertz CT molecular complexity index is 686. The van der Waals surface area contributed by atoms with Crippen LogP contribution in [0.4, 0.5) is 0 Å². The standard InChI is InChI=1S/C21H28O4/c1-5-17(22)23-11-21-12-24-19-15-8-6-7-9-16(15)25-20(4,10-13(21)2)18(19)14(21)3/h6-9,13-14,18-19H,5,10-12H2,1-4H3/t13-,14-,18-,19-,20-,21+/m0/s1. The second-order valence-corrected chi connectivity index (χ2v) is 8.35. The maximum atomic E-state index is 11.8. The molecule has 3 aliphatic rings. The Labute approximate surface area is 149 Å². The van der Waals surface area contributed by atoms with Gasteiger partial charge in [-0.1, -0.05) is 39.0 Å². The van der Waals surface area contributed by atoms with E-state index in [1.165, 1.54) is 0 Å². The van der Waals surface area contributed by atoms with E-state index in [9.17, 15) is 4.79 Å². The molecule has 1 aromatic carbocycles. The zero-order valence-electron chi connectivity index (χ0n) is 15.6. The van der Waals surface area contributed by atoms with Crippen LogP contribution in [0, 0.1) is 23.2 Å². The van der Waals surface area contributed by atoms with Crippen LogP contribution in [0.15, 0.2) is 24.3 Å². The molecule has 136 valence electrons. The molecule has 0 N–H and O–H groups in total. The molecule has 1 saturated carbocycles. The maximum absolute atomic E-state index is 11.8. The van der Waals surface area contributed by atoms with Gasteiger partial charge < -0.3 is 14.2 Å². The maximum Gasteiger partial charge on any atom is 0.305 e. The lowest BCUT2D eigenvalue weighted by Crippen LogP contribution is -2.66. The van der Waals surface area contributed by atoms with Gasteiger partial charge in [-0.25, -0.2) is 0 Å². The van der Waals surface area contributed by atoms with E-state index in [-0.39, 0.29) is 29.0 Å². The molecule has 0 spiro atoms. The molecule has 6 atom stereocenters. The topological polar surface area (TPSA) is 44.8 Å². The number of esters is 1. The Hall–Kier alpha value is -1.55. The van der Waals surface area contributed by atoms with Gasteiger partial charge in [-0.05, 0) is 31.2 Å². The Morgan fingerprint density at radius 1 is 1.32 bits per heavy atom. The van der Waals surface area contributed by atoms with Crippen molar-refractivity contribution in [3.05, 3.63) is 29.8 Å². The summed E-state index contributed by atoms with van der Waals surface area (Å²) in [7, 11) is 0. The molecule has 25 heavy (non-hydrogen) atoms. The van der Waals surface area contributed by atoms with Crippen molar-refractivity contribution in [1.82, 2.24) is 0 Å². The van der Waals surface area contributed by atoms with E-state index in [0.717, 1.165) is 17.7 Å². The molecule has 2 bridgehead atoms. The van der Waals surface area contributed by atoms with Crippen LogP contribution in [0.1, 0.15) is 52.2 Å². The molecule has 0 amide bonds. The smallest absolute Gasteiger partial charge is 0.305 e. The second kappa shape index (κ2) is 5.73. The third-order valence-electron chi connectivity index (χ3n) is 7.06. The minimum Gasteiger partial charge on any atom is -0.487 e. The highest BCUT2D eigenvalue weighted by Crippen LogP contribution is 2.63. The van der Waals surface area contributed by atoms with E-state index in [4.69, 9.17) is 14.2 Å². The summed E-state index contributed by atoms with van der Waals surface area (Å²) in [5.74, 6) is 1.82. The van der Waals surface area contributed by atoms with Gasteiger partial charge >= 0.3 is 5.97 Å². The summed E-state index contributed by atoms with van der Waals surface area (Å²) in [5.41, 5.74) is 0.794. The fourth-order valence-electron chi connectivity index (χ4n) is 5.57. The molecule has 4 rings (SSSR count). The van der Waals surface area contributed by atoms with Gasteiger partial charge in [0.05, 0.1) is 19.3 Å². The number of hydrogen-bond donors (Lipinski definition) is 0. The number of para-hydroxylation sites is 1. The van der Waals surface area contributed by atoms with Gasteiger partial charge in [-0.2, -0.15) is 0 Å². The normalized spacial score (nSPS) is 41.4. The number of carbonyl (C=O) groups is 1. The molecule has 0 radical (unpaired) electrons. The summed E-state index contributed by atoms with van der Waals surface area (Å²) in [6.45, 7) is 9.70. The van der Waals surface area contributed by atoms with Crippen LogP contribution < -0.4 is 4.74 Å². The Morgan fingerprint density at radius 2 is 2.08 bits per heavy atom. The van der Waals surface area contributed by atoms with Crippen molar-refractivity contribution in [3.8, 4) is 5.75 Å². The van der Waals surface area contributed by atoms with Gasteiger partial charge in [0.2, 0.25) is 0 Å². The predicted molar refractivity (Wildman–Crippen MR) is 94.3 cm³/mol. The lowest BCUT2D eigenvalue weighted by Gasteiger charge is -2.63. The van der Waals surface area contributed by atoms with Gasteiger partial charge in [0, 0.05) is 23.3 Å². The zero-order chi connectivity index (χ0) is 17.8. The molecule has 1 saturated heterocycles. The van der Waals surface area contributed by atoms with E-state index < -0.39 is 0 Å². The van der Waals surface area contributed by atoms with Crippen LogP contribution >= 0.6 is 0 Å². The van der Waals surface area contributed by atoms with Crippen LogP contribution in [0.3, 0.4) is 0 Å². The third kappa shape index (κ3) is 2.33. The van der Waals surface area contributed by atoms with Crippen molar-refractivity contribution in [3.63, 3.8) is 0 Å². The van der Waals surface area contributed by atoms with Gasteiger partial charge in [0.1, 0.15) is 11.4 Å². The van der Waals surface area contributed by atoms with Crippen molar-refractivity contribution in [2.24, 2.45) is 23.2 Å². The van der Waals surface area contributed by atoms with Crippen LogP contribution in [-0.2, 0) is 14.3 Å². The quantitative estimate of drug-likeness (QED) is 0.773. The van der Waals surface area contributed by atoms with Crippen LogP contribution in [0.5, 0.6) is 5.75 Å². The van der Waals surface area contributed by atoms with Crippen molar-refractivity contribution in [1.29, 1.82) is 0 Å². The molecule has 4 nitrogen and oxygen atoms in total. The Balaban J connectivity index is 1.72. The molecule has 2 aliphatic heterocycles. The summed E-state index contributed by atoms with van der Waals surface area (Å²) in [6.07, 6.45) is 1.44. The number of fused-ring (bicyclic) bond motifs is 3. The first-order valence-electron chi connectivity index (χ1n) is 9.46. The highest BCUT2D eigenvalue weighted by Gasteiger charge is 2.64. The van der Waals surface area contributed by atoms with Crippen molar-refractivity contribution in [2.75, 3.05) is 13.2 Å². The average molecular weight is 344 g/mol. The number of hydrogen-bond acceptors (Lipinski definition) is 4. The minimum atomic E-state index is -0.240. The van der Waals surface area contributed by atoms with Gasteiger partial charge in [-0.3, -0.25) is 4.79 Å². The van der Waals surface area contributed by atoms with Crippen LogP contribution in [-0.4, -0.2) is 24.8 Å². The first-order valence-corrected chi connectivity index (χ1v) is 9.46. The van der Waals surface area contributed by atoms with Gasteiger partial charge in [0.25, 0.3) is 0 Å². The fourth-order valence-corrected chi connectivity index (χ4v) is 5.57. The number of ether oxygens (including phenoxy) is 3. The van der Waals surface area contributed by atoms with E-state index in [0.29, 0.717) is 31.5 Å². The Morgan fingerprint density at radius 3 is 2.84 bits per heavy atom. The fraction of sp³-hybridized carbons (Fsp3) is 0.667. The molecule has 1 aliphatic carbocycles. The van der Waals surface area contributed by atoms with E-state index in [1.54, 1.807) is 0 Å². The first kappa shape index (κ1) is 16.9. The monoisotopic (exact) mass is 344 g/mol. The van der Waals surface area contributed by atoms with Gasteiger partial charge in [0.15, 0.2) is 0 Å². The first-order chi connectivity index (χ1) is 11.9.